The third-order valence-electron chi connectivity index (χ3n) is 2.69. The Balaban J connectivity index is 0.00000441. The van der Waals surface area contributed by atoms with Gasteiger partial charge in [-0.2, -0.15) is 0 Å². The summed E-state index contributed by atoms with van der Waals surface area (Å²) in [6.07, 6.45) is 2.14. The molecule has 0 spiro atoms. The number of carbonyl (C=O) groups is 1. The van der Waals surface area contributed by atoms with Crippen molar-refractivity contribution in [2.45, 2.75) is 25.7 Å². The van der Waals surface area contributed by atoms with Crippen LogP contribution in [0.5, 0.6) is 5.75 Å². The summed E-state index contributed by atoms with van der Waals surface area (Å²) in [6, 6.07) is 1.76. The van der Waals surface area contributed by atoms with Gasteiger partial charge in [0.2, 0.25) is 0 Å². The minimum absolute atomic E-state index is 0. The smallest absolute Gasteiger partial charge is 0.748 e. The first-order valence-electron chi connectivity index (χ1n) is 6.34. The molecule has 1 aromatic carbocycles. The van der Waals surface area contributed by atoms with E-state index in [9.17, 15) is 26.5 Å². The van der Waals surface area contributed by atoms with E-state index in [1.54, 1.807) is 0 Å². The molecule has 0 N–H and O–H groups in total. The molecule has 0 saturated carbocycles. The van der Waals surface area contributed by atoms with Gasteiger partial charge in [-0.05, 0) is 25.0 Å². The number of aldehydes is 1. The molecule has 0 aromatic heterocycles. The maximum atomic E-state index is 13.4. The van der Waals surface area contributed by atoms with Crippen molar-refractivity contribution in [1.29, 1.82) is 0 Å². The third-order valence-corrected chi connectivity index (χ3v) is 3.48. The van der Waals surface area contributed by atoms with Gasteiger partial charge in [0, 0.05) is 11.3 Å². The molecule has 0 bridgehead atoms. The van der Waals surface area contributed by atoms with E-state index >= 15 is 0 Å². The maximum Gasteiger partial charge on any atom is 1.00 e. The van der Waals surface area contributed by atoms with Gasteiger partial charge < -0.3 is 9.29 Å². The number of halogens is 2. The molecule has 0 atom stereocenters. The number of rotatable bonds is 9. The molecule has 0 saturated heterocycles. The number of unbranched alkanes of at least 4 members (excludes halogenated alkanes) is 3. The normalized spacial score (nSPS) is 10.9. The van der Waals surface area contributed by atoms with Gasteiger partial charge in [0.25, 0.3) is 0 Å². The molecule has 1 rings (SSSR count). The molecule has 9 heteroatoms. The van der Waals surface area contributed by atoms with E-state index in [2.05, 4.69) is 0 Å². The van der Waals surface area contributed by atoms with Gasteiger partial charge in [0.15, 0.2) is 17.4 Å². The van der Waals surface area contributed by atoms with Crippen molar-refractivity contribution in [3.8, 4) is 5.75 Å². The number of hydrogen-bond acceptors (Lipinski definition) is 5. The van der Waals surface area contributed by atoms with Gasteiger partial charge in [-0.15, -0.1) is 0 Å². The van der Waals surface area contributed by atoms with Crippen LogP contribution in [0, 0.1) is 11.6 Å². The van der Waals surface area contributed by atoms with Crippen molar-refractivity contribution in [3.63, 3.8) is 0 Å². The average Bonchev–Trinajstić information content (AvgIpc) is 2.38. The summed E-state index contributed by atoms with van der Waals surface area (Å²) in [7, 11) is -4.19. The first-order valence-corrected chi connectivity index (χ1v) is 7.92. The van der Waals surface area contributed by atoms with Crippen LogP contribution in [0.25, 0.3) is 0 Å². The SMILES string of the molecule is O=Cc1cc(F)c(OCCCCCCS(=O)(=O)[O-])c(F)c1.[Na+]. The predicted octanol–water partition coefficient (Wildman–Crippen LogP) is -0.734. The van der Waals surface area contributed by atoms with Gasteiger partial charge in [-0.25, -0.2) is 17.2 Å². The summed E-state index contributed by atoms with van der Waals surface area (Å²) < 4.78 is 62.9. The second-order valence-corrected chi connectivity index (χ2v) is 5.98. The fourth-order valence-corrected chi connectivity index (χ4v) is 2.25. The van der Waals surface area contributed by atoms with E-state index in [1.807, 2.05) is 0 Å². The van der Waals surface area contributed by atoms with Crippen molar-refractivity contribution in [2.24, 2.45) is 0 Å². The molecule has 0 amide bonds. The van der Waals surface area contributed by atoms with Gasteiger partial charge in [-0.1, -0.05) is 12.8 Å². The van der Waals surface area contributed by atoms with Crippen molar-refractivity contribution >= 4 is 16.4 Å². The summed E-state index contributed by atoms with van der Waals surface area (Å²) >= 11 is 0. The van der Waals surface area contributed by atoms with E-state index in [4.69, 9.17) is 4.74 Å². The zero-order valence-corrected chi connectivity index (χ0v) is 15.0. The van der Waals surface area contributed by atoms with Crippen LogP contribution in [0.15, 0.2) is 12.1 Å². The predicted molar refractivity (Wildman–Crippen MR) is 70.3 cm³/mol. The molecule has 118 valence electrons. The van der Waals surface area contributed by atoms with Crippen molar-refractivity contribution in [2.75, 3.05) is 12.4 Å². The standard InChI is InChI=1S/C13H16F2O5S.Na/c14-11-7-10(9-16)8-12(15)13(11)20-5-3-1-2-4-6-21(17,18)19;/h7-9H,1-6H2,(H,17,18,19);/q;+1/p-1. The number of carbonyl (C=O) groups excluding carboxylic acids is 1. The molecule has 0 radical (unpaired) electrons. The molecule has 0 fully saturated rings. The van der Waals surface area contributed by atoms with E-state index < -0.39 is 33.3 Å². The van der Waals surface area contributed by atoms with Crippen LogP contribution in [-0.4, -0.2) is 31.6 Å². The molecule has 0 heterocycles. The molecule has 0 aliphatic heterocycles. The number of ether oxygens (including phenoxy) is 1. The summed E-state index contributed by atoms with van der Waals surface area (Å²) in [5, 5.41) is 0. The van der Waals surface area contributed by atoms with Crippen LogP contribution >= 0.6 is 0 Å². The molecular weight excluding hydrogens is 329 g/mol. The van der Waals surface area contributed by atoms with Gasteiger partial charge in [0.05, 0.1) is 16.7 Å². The molecule has 0 aliphatic rings. The zero-order chi connectivity index (χ0) is 15.9. The Labute approximate surface area is 150 Å². The van der Waals surface area contributed by atoms with E-state index in [-0.39, 0.29) is 48.1 Å². The van der Waals surface area contributed by atoms with E-state index in [1.165, 1.54) is 0 Å². The third kappa shape index (κ3) is 8.19. The molecule has 0 aliphatic carbocycles. The second-order valence-electron chi connectivity index (χ2n) is 4.46. The number of benzene rings is 1. The fourth-order valence-electron chi connectivity index (χ4n) is 1.69. The van der Waals surface area contributed by atoms with Crippen LogP contribution < -0.4 is 34.3 Å². The first-order chi connectivity index (χ1) is 9.83. The Hall–Kier alpha value is -0.540. The Morgan fingerprint density at radius 3 is 2.14 bits per heavy atom. The first kappa shape index (κ1) is 21.5. The van der Waals surface area contributed by atoms with Crippen molar-refractivity contribution in [1.82, 2.24) is 0 Å². The minimum atomic E-state index is -4.19. The minimum Gasteiger partial charge on any atom is -0.748 e. The van der Waals surface area contributed by atoms with Crippen LogP contribution in [0.1, 0.15) is 36.0 Å². The summed E-state index contributed by atoms with van der Waals surface area (Å²) in [5.41, 5.74) is -0.115. The number of hydrogen-bond donors (Lipinski definition) is 0. The largest absolute Gasteiger partial charge is 1.00 e. The molecule has 22 heavy (non-hydrogen) atoms. The monoisotopic (exact) mass is 344 g/mol. The van der Waals surface area contributed by atoms with Gasteiger partial charge >= 0.3 is 29.6 Å². The molecule has 1 aromatic rings. The van der Waals surface area contributed by atoms with Crippen molar-refractivity contribution in [3.05, 3.63) is 29.3 Å². The second kappa shape index (κ2) is 10.3. The zero-order valence-electron chi connectivity index (χ0n) is 12.2. The summed E-state index contributed by atoms with van der Waals surface area (Å²) in [5.74, 6) is -2.85. The molecule has 0 unspecified atom stereocenters. The summed E-state index contributed by atoms with van der Waals surface area (Å²) in [4.78, 5) is 10.4. The average molecular weight is 344 g/mol. The Bertz CT molecular complexity index is 569. The Kier molecular flexibility index (Phi) is 10.0. The summed E-state index contributed by atoms with van der Waals surface area (Å²) in [6.45, 7) is 0.0540. The van der Waals surface area contributed by atoms with E-state index in [0.717, 1.165) is 12.1 Å². The fraction of sp³-hybridized carbons (Fsp3) is 0.462. The molecule has 5 nitrogen and oxygen atoms in total. The quantitative estimate of drug-likeness (QED) is 0.255. The molecular formula is C13H15F2NaO5S. The van der Waals surface area contributed by atoms with Crippen molar-refractivity contribution < 1.29 is 60.8 Å². The Morgan fingerprint density at radius 2 is 1.64 bits per heavy atom. The van der Waals surface area contributed by atoms with Crippen LogP contribution in [-0.2, 0) is 10.1 Å². The van der Waals surface area contributed by atoms with E-state index in [0.29, 0.717) is 25.5 Å². The van der Waals surface area contributed by atoms with Gasteiger partial charge in [0.1, 0.15) is 6.29 Å². The topological polar surface area (TPSA) is 83.5 Å². The van der Waals surface area contributed by atoms with Gasteiger partial charge in [-0.3, -0.25) is 4.79 Å². The maximum absolute atomic E-state index is 13.4. The van der Waals surface area contributed by atoms with Crippen LogP contribution in [0.3, 0.4) is 0 Å². The Morgan fingerprint density at radius 1 is 1.09 bits per heavy atom. The van der Waals surface area contributed by atoms with Crippen LogP contribution in [0.2, 0.25) is 0 Å². The van der Waals surface area contributed by atoms with Crippen LogP contribution in [0.4, 0.5) is 8.78 Å².